The molecule has 1 amide bonds. The molecule has 0 aliphatic rings. The van der Waals surface area contributed by atoms with Gasteiger partial charge in [-0.3, -0.25) is 4.79 Å². The van der Waals surface area contributed by atoms with Crippen LogP contribution in [-0.2, 0) is 9.53 Å². The van der Waals surface area contributed by atoms with Crippen molar-refractivity contribution in [2.75, 3.05) is 25.0 Å². The lowest BCUT2D eigenvalue weighted by Crippen LogP contribution is -2.37. The molecule has 122 valence electrons. The molecular weight excluding hydrogens is 284 g/mol. The molecule has 1 aromatic carbocycles. The van der Waals surface area contributed by atoms with Gasteiger partial charge < -0.3 is 20.5 Å². The Morgan fingerprint density at radius 1 is 1.23 bits per heavy atom. The van der Waals surface area contributed by atoms with E-state index in [1.54, 1.807) is 24.3 Å². The van der Waals surface area contributed by atoms with Crippen molar-refractivity contribution in [3.63, 3.8) is 0 Å². The number of ether oxygens (including phenoxy) is 1. The molecule has 0 aliphatic carbocycles. The lowest BCUT2D eigenvalue weighted by atomic mass is 10.1. The Bertz CT molecular complexity index is 503. The molecule has 6 heteroatoms. The SMILES string of the molecule is CC(C)CNC(=O)[C@H](C)OC(=O)c1ccccc1NCCO. The summed E-state index contributed by atoms with van der Waals surface area (Å²) in [5.74, 6) is -0.564. The van der Waals surface area contributed by atoms with E-state index in [1.807, 2.05) is 13.8 Å². The number of aliphatic hydroxyl groups excluding tert-OH is 1. The molecular formula is C16H24N2O4. The highest BCUT2D eigenvalue weighted by Gasteiger charge is 2.20. The molecule has 0 fully saturated rings. The number of hydrogen-bond donors (Lipinski definition) is 3. The maximum atomic E-state index is 12.2. The van der Waals surface area contributed by atoms with Crippen LogP contribution in [0.25, 0.3) is 0 Å². The maximum Gasteiger partial charge on any atom is 0.341 e. The number of esters is 1. The van der Waals surface area contributed by atoms with Crippen LogP contribution < -0.4 is 10.6 Å². The summed E-state index contributed by atoms with van der Waals surface area (Å²) in [5, 5.41) is 14.5. The van der Waals surface area contributed by atoms with Gasteiger partial charge in [-0.2, -0.15) is 0 Å². The van der Waals surface area contributed by atoms with Crippen LogP contribution in [0.5, 0.6) is 0 Å². The van der Waals surface area contributed by atoms with Gasteiger partial charge in [0.05, 0.1) is 12.2 Å². The average molecular weight is 308 g/mol. The van der Waals surface area contributed by atoms with E-state index in [0.717, 1.165) is 0 Å². The van der Waals surface area contributed by atoms with E-state index in [9.17, 15) is 9.59 Å². The van der Waals surface area contributed by atoms with Gasteiger partial charge in [0.1, 0.15) is 0 Å². The van der Waals surface area contributed by atoms with Gasteiger partial charge in [0.15, 0.2) is 6.10 Å². The molecule has 0 aliphatic heterocycles. The zero-order valence-corrected chi connectivity index (χ0v) is 13.3. The van der Waals surface area contributed by atoms with E-state index in [1.165, 1.54) is 6.92 Å². The third-order valence-corrected chi connectivity index (χ3v) is 2.91. The van der Waals surface area contributed by atoms with Crippen molar-refractivity contribution in [1.29, 1.82) is 0 Å². The largest absolute Gasteiger partial charge is 0.449 e. The van der Waals surface area contributed by atoms with Gasteiger partial charge in [0, 0.05) is 18.8 Å². The summed E-state index contributed by atoms with van der Waals surface area (Å²) in [5.41, 5.74) is 0.899. The van der Waals surface area contributed by atoms with Crippen molar-refractivity contribution in [3.05, 3.63) is 29.8 Å². The summed E-state index contributed by atoms with van der Waals surface area (Å²) in [6.07, 6.45) is -0.864. The number of nitrogens with one attached hydrogen (secondary N) is 2. The van der Waals surface area contributed by atoms with Crippen molar-refractivity contribution in [2.24, 2.45) is 5.92 Å². The zero-order chi connectivity index (χ0) is 16.5. The third kappa shape index (κ3) is 5.73. The Balaban J connectivity index is 2.66. The van der Waals surface area contributed by atoms with Crippen molar-refractivity contribution in [1.82, 2.24) is 5.32 Å². The number of para-hydroxylation sites is 1. The molecule has 1 aromatic rings. The Morgan fingerprint density at radius 3 is 2.55 bits per heavy atom. The average Bonchev–Trinajstić information content (AvgIpc) is 2.50. The molecule has 0 bridgehead atoms. The van der Waals surface area contributed by atoms with E-state index >= 15 is 0 Å². The topological polar surface area (TPSA) is 87.7 Å². The smallest absolute Gasteiger partial charge is 0.341 e. The Kier molecular flexibility index (Phi) is 7.39. The second kappa shape index (κ2) is 9.04. The van der Waals surface area contributed by atoms with Gasteiger partial charge in [-0.1, -0.05) is 26.0 Å². The first kappa shape index (κ1) is 18.0. The number of hydrogen-bond acceptors (Lipinski definition) is 5. The van der Waals surface area contributed by atoms with Gasteiger partial charge in [-0.05, 0) is 25.0 Å². The minimum Gasteiger partial charge on any atom is -0.449 e. The lowest BCUT2D eigenvalue weighted by molar-refractivity contribution is -0.129. The van der Waals surface area contributed by atoms with Crippen LogP contribution in [0.15, 0.2) is 24.3 Å². The minimum absolute atomic E-state index is 0.0443. The molecule has 3 N–H and O–H groups in total. The van der Waals surface area contributed by atoms with Gasteiger partial charge in [-0.15, -0.1) is 0 Å². The number of aliphatic hydroxyl groups is 1. The van der Waals surface area contributed by atoms with Gasteiger partial charge in [0.25, 0.3) is 5.91 Å². The van der Waals surface area contributed by atoms with E-state index in [-0.39, 0.29) is 12.5 Å². The number of carbonyl (C=O) groups is 2. The number of carbonyl (C=O) groups excluding carboxylic acids is 2. The van der Waals surface area contributed by atoms with Crippen molar-refractivity contribution >= 4 is 17.6 Å². The molecule has 1 atom stereocenters. The number of anilines is 1. The van der Waals surface area contributed by atoms with Crippen LogP contribution >= 0.6 is 0 Å². The molecule has 6 nitrogen and oxygen atoms in total. The molecule has 0 heterocycles. The highest BCUT2D eigenvalue weighted by molar-refractivity contribution is 5.97. The van der Waals surface area contributed by atoms with E-state index in [2.05, 4.69) is 10.6 Å². The summed E-state index contributed by atoms with van der Waals surface area (Å²) in [7, 11) is 0. The van der Waals surface area contributed by atoms with Gasteiger partial charge >= 0.3 is 5.97 Å². The standard InChI is InChI=1S/C16H24N2O4/c1-11(2)10-18-15(20)12(3)22-16(21)13-6-4-5-7-14(13)17-8-9-19/h4-7,11-12,17,19H,8-10H2,1-3H3,(H,18,20)/t12-/m0/s1. The first-order valence-electron chi connectivity index (χ1n) is 7.38. The summed E-state index contributed by atoms with van der Waals surface area (Å²) in [6.45, 7) is 6.33. The highest BCUT2D eigenvalue weighted by Crippen LogP contribution is 2.16. The maximum absolute atomic E-state index is 12.2. The van der Waals surface area contributed by atoms with Gasteiger partial charge in [0.2, 0.25) is 0 Å². The van der Waals surface area contributed by atoms with Crippen LogP contribution in [0.3, 0.4) is 0 Å². The fourth-order valence-corrected chi connectivity index (χ4v) is 1.73. The van der Waals surface area contributed by atoms with E-state index in [4.69, 9.17) is 9.84 Å². The number of amides is 1. The second-order valence-corrected chi connectivity index (χ2v) is 5.38. The Labute approximate surface area is 130 Å². The van der Waals surface area contributed by atoms with Crippen molar-refractivity contribution < 1.29 is 19.4 Å². The Morgan fingerprint density at radius 2 is 1.91 bits per heavy atom. The lowest BCUT2D eigenvalue weighted by Gasteiger charge is -2.16. The molecule has 0 spiro atoms. The quantitative estimate of drug-likeness (QED) is 0.632. The summed E-state index contributed by atoms with van der Waals surface area (Å²) < 4.78 is 5.20. The van der Waals surface area contributed by atoms with Crippen LogP contribution in [0.2, 0.25) is 0 Å². The van der Waals surface area contributed by atoms with Crippen molar-refractivity contribution in [2.45, 2.75) is 26.9 Å². The molecule has 22 heavy (non-hydrogen) atoms. The van der Waals surface area contributed by atoms with Gasteiger partial charge in [-0.25, -0.2) is 4.79 Å². The predicted molar refractivity (Wildman–Crippen MR) is 84.7 cm³/mol. The summed E-state index contributed by atoms with van der Waals surface area (Å²) in [6, 6.07) is 6.82. The van der Waals surface area contributed by atoms with Crippen molar-refractivity contribution in [3.8, 4) is 0 Å². The Hall–Kier alpha value is -2.08. The minimum atomic E-state index is -0.864. The number of rotatable bonds is 8. The fourth-order valence-electron chi connectivity index (χ4n) is 1.73. The zero-order valence-electron chi connectivity index (χ0n) is 13.3. The summed E-state index contributed by atoms with van der Waals surface area (Å²) in [4.78, 5) is 24.0. The molecule has 0 radical (unpaired) electrons. The van der Waals surface area contributed by atoms with E-state index in [0.29, 0.717) is 30.3 Å². The predicted octanol–water partition coefficient (Wildman–Crippen LogP) is 1.41. The second-order valence-electron chi connectivity index (χ2n) is 5.38. The first-order valence-corrected chi connectivity index (χ1v) is 7.38. The highest BCUT2D eigenvalue weighted by atomic mass is 16.5. The normalized spacial score (nSPS) is 11.9. The van der Waals surface area contributed by atoms with Crippen LogP contribution in [0, 0.1) is 5.92 Å². The monoisotopic (exact) mass is 308 g/mol. The molecule has 1 rings (SSSR count). The fraction of sp³-hybridized carbons (Fsp3) is 0.500. The molecule has 0 saturated heterocycles. The molecule has 0 aromatic heterocycles. The number of benzene rings is 1. The molecule has 0 saturated carbocycles. The van der Waals surface area contributed by atoms with Crippen LogP contribution in [0.1, 0.15) is 31.1 Å². The van der Waals surface area contributed by atoms with Crippen LogP contribution in [-0.4, -0.2) is 42.8 Å². The van der Waals surface area contributed by atoms with Crippen LogP contribution in [0.4, 0.5) is 5.69 Å². The molecule has 0 unspecified atom stereocenters. The summed E-state index contributed by atoms with van der Waals surface area (Å²) >= 11 is 0. The third-order valence-electron chi connectivity index (χ3n) is 2.91. The van der Waals surface area contributed by atoms with E-state index < -0.39 is 12.1 Å². The first-order chi connectivity index (χ1) is 10.5.